The Morgan fingerprint density at radius 3 is 2.46 bits per heavy atom. The number of hydrogen-bond acceptors (Lipinski definition) is 5. The molecule has 4 rings (SSSR count). The van der Waals surface area contributed by atoms with E-state index in [0.717, 1.165) is 49.7 Å². The van der Waals surface area contributed by atoms with Crippen molar-refractivity contribution in [1.29, 1.82) is 0 Å². The van der Waals surface area contributed by atoms with E-state index in [-0.39, 0.29) is 0 Å². The molecular formula is C23H30N2O3. The van der Waals surface area contributed by atoms with Gasteiger partial charge in [0, 0.05) is 44.8 Å². The van der Waals surface area contributed by atoms with Gasteiger partial charge in [0.05, 0.1) is 19.3 Å². The summed E-state index contributed by atoms with van der Waals surface area (Å²) in [6.45, 7) is 10.2. The van der Waals surface area contributed by atoms with Gasteiger partial charge in [0.2, 0.25) is 0 Å². The highest BCUT2D eigenvalue weighted by atomic mass is 16.5. The number of β-amino-alcohol motifs (C(OH)–C–C–N with tert-alkyl or cyclic N) is 1. The van der Waals surface area contributed by atoms with Crippen molar-refractivity contribution in [3.8, 4) is 11.5 Å². The van der Waals surface area contributed by atoms with Crippen LogP contribution in [0.15, 0.2) is 36.4 Å². The Balaban J connectivity index is 1.36. The lowest BCUT2D eigenvalue weighted by Gasteiger charge is -2.37. The summed E-state index contributed by atoms with van der Waals surface area (Å²) in [4.78, 5) is 4.80. The fourth-order valence-corrected chi connectivity index (χ4v) is 3.97. The second kappa shape index (κ2) is 8.41. The molecule has 28 heavy (non-hydrogen) atoms. The van der Waals surface area contributed by atoms with Gasteiger partial charge < -0.3 is 19.5 Å². The number of ether oxygens (including phenoxy) is 2. The molecule has 0 saturated carbocycles. The van der Waals surface area contributed by atoms with Gasteiger partial charge in [-0.1, -0.05) is 18.2 Å². The molecule has 2 aromatic carbocycles. The molecule has 0 radical (unpaired) electrons. The van der Waals surface area contributed by atoms with Crippen LogP contribution in [0.4, 0.5) is 5.69 Å². The molecule has 150 valence electrons. The number of aliphatic hydroxyl groups is 1. The predicted molar refractivity (Wildman–Crippen MR) is 112 cm³/mol. The summed E-state index contributed by atoms with van der Waals surface area (Å²) in [6.07, 6.45) is 0.362. The van der Waals surface area contributed by atoms with Gasteiger partial charge in [-0.15, -0.1) is 0 Å². The molecule has 2 aliphatic rings. The van der Waals surface area contributed by atoms with Gasteiger partial charge in [-0.3, -0.25) is 4.90 Å². The number of benzene rings is 2. The van der Waals surface area contributed by atoms with Crippen molar-refractivity contribution >= 4 is 5.69 Å². The number of anilines is 1. The lowest BCUT2D eigenvalue weighted by molar-refractivity contribution is 0.109. The summed E-state index contributed by atoms with van der Waals surface area (Å²) in [5, 5.41) is 10.8. The molecule has 1 atom stereocenters. The number of piperazine rings is 1. The lowest BCUT2D eigenvalue weighted by Crippen LogP contribution is -2.47. The molecule has 1 N–H and O–H groups in total. The van der Waals surface area contributed by atoms with Gasteiger partial charge in [0.25, 0.3) is 0 Å². The highest BCUT2D eigenvalue weighted by molar-refractivity contribution is 5.55. The van der Waals surface area contributed by atoms with Crippen LogP contribution < -0.4 is 14.4 Å². The van der Waals surface area contributed by atoms with E-state index >= 15 is 0 Å². The van der Waals surface area contributed by atoms with Gasteiger partial charge in [0.1, 0.15) is 0 Å². The Morgan fingerprint density at radius 2 is 1.68 bits per heavy atom. The van der Waals surface area contributed by atoms with E-state index in [9.17, 15) is 5.11 Å². The van der Waals surface area contributed by atoms with Crippen molar-refractivity contribution in [1.82, 2.24) is 4.90 Å². The lowest BCUT2D eigenvalue weighted by atomic mass is 10.1. The van der Waals surface area contributed by atoms with E-state index in [1.165, 1.54) is 16.8 Å². The molecule has 0 aliphatic carbocycles. The standard InChI is InChI=1S/C23H30N2O3/c1-17-4-5-18(2)20(14-17)25-10-8-24(9-11-25)16-21(26)19-6-7-22-23(15-19)28-13-3-12-27-22/h4-7,14-15,21,26H,3,8-13,16H2,1-2H3/t21-/m0/s1. The molecule has 0 unspecified atom stereocenters. The summed E-state index contributed by atoms with van der Waals surface area (Å²) in [5.74, 6) is 1.52. The summed E-state index contributed by atoms with van der Waals surface area (Å²) in [5.41, 5.74) is 4.85. The van der Waals surface area contributed by atoms with Crippen molar-refractivity contribution in [2.24, 2.45) is 0 Å². The molecule has 0 bridgehead atoms. The number of aliphatic hydroxyl groups excluding tert-OH is 1. The van der Waals surface area contributed by atoms with E-state index < -0.39 is 6.10 Å². The van der Waals surface area contributed by atoms with Gasteiger partial charge in [-0.05, 0) is 48.7 Å². The maximum Gasteiger partial charge on any atom is 0.161 e. The zero-order valence-corrected chi connectivity index (χ0v) is 16.9. The number of aryl methyl sites for hydroxylation is 2. The monoisotopic (exact) mass is 382 g/mol. The minimum atomic E-state index is -0.524. The predicted octanol–water partition coefficient (Wildman–Crippen LogP) is 3.32. The van der Waals surface area contributed by atoms with E-state index in [2.05, 4.69) is 41.8 Å². The number of fused-ring (bicyclic) bond motifs is 1. The average Bonchev–Trinajstić information content (AvgIpc) is 2.95. The van der Waals surface area contributed by atoms with Crippen LogP contribution in [-0.4, -0.2) is 55.9 Å². The normalized spacial score (nSPS) is 18.6. The highest BCUT2D eigenvalue weighted by Crippen LogP contribution is 2.32. The molecular weight excluding hydrogens is 352 g/mol. The summed E-state index contributed by atoms with van der Waals surface area (Å²) < 4.78 is 11.4. The topological polar surface area (TPSA) is 45.2 Å². The minimum absolute atomic E-state index is 0.524. The van der Waals surface area contributed by atoms with Crippen LogP contribution in [0.1, 0.15) is 29.2 Å². The van der Waals surface area contributed by atoms with Crippen LogP contribution in [0.2, 0.25) is 0 Å². The second-order valence-corrected chi connectivity index (χ2v) is 7.85. The quantitative estimate of drug-likeness (QED) is 0.879. The third kappa shape index (κ3) is 4.26. The van der Waals surface area contributed by atoms with Crippen molar-refractivity contribution in [3.63, 3.8) is 0 Å². The van der Waals surface area contributed by atoms with Crippen LogP contribution in [-0.2, 0) is 0 Å². The average molecular weight is 383 g/mol. The molecule has 2 heterocycles. The smallest absolute Gasteiger partial charge is 0.161 e. The molecule has 5 heteroatoms. The molecule has 2 aromatic rings. The zero-order valence-electron chi connectivity index (χ0n) is 16.9. The first-order valence-electron chi connectivity index (χ1n) is 10.2. The van der Waals surface area contributed by atoms with Gasteiger partial charge >= 0.3 is 0 Å². The first-order chi connectivity index (χ1) is 13.6. The molecule has 0 aromatic heterocycles. The highest BCUT2D eigenvalue weighted by Gasteiger charge is 2.22. The molecule has 0 amide bonds. The number of nitrogens with zero attached hydrogens (tertiary/aromatic N) is 2. The summed E-state index contributed by atoms with van der Waals surface area (Å²) in [7, 11) is 0. The molecule has 2 aliphatic heterocycles. The largest absolute Gasteiger partial charge is 0.490 e. The summed E-state index contributed by atoms with van der Waals surface area (Å²) >= 11 is 0. The Bertz CT molecular complexity index is 815. The Kier molecular flexibility index (Phi) is 5.74. The SMILES string of the molecule is Cc1ccc(C)c(N2CCN(C[C@H](O)c3ccc4c(c3)OCCCO4)CC2)c1. The van der Waals surface area contributed by atoms with Crippen LogP contribution >= 0.6 is 0 Å². The minimum Gasteiger partial charge on any atom is -0.490 e. The maximum absolute atomic E-state index is 10.8. The maximum atomic E-state index is 10.8. The van der Waals surface area contributed by atoms with Crippen LogP contribution in [0.5, 0.6) is 11.5 Å². The fraction of sp³-hybridized carbons (Fsp3) is 0.478. The van der Waals surface area contributed by atoms with Crippen LogP contribution in [0.3, 0.4) is 0 Å². The third-order valence-electron chi connectivity index (χ3n) is 5.67. The van der Waals surface area contributed by atoms with Crippen LogP contribution in [0.25, 0.3) is 0 Å². The van der Waals surface area contributed by atoms with Gasteiger partial charge in [-0.25, -0.2) is 0 Å². The van der Waals surface area contributed by atoms with Crippen molar-refractivity contribution in [3.05, 3.63) is 53.1 Å². The molecule has 1 fully saturated rings. The zero-order chi connectivity index (χ0) is 19.5. The van der Waals surface area contributed by atoms with Gasteiger partial charge in [0.15, 0.2) is 11.5 Å². The molecule has 1 saturated heterocycles. The summed E-state index contributed by atoms with van der Waals surface area (Å²) in [6, 6.07) is 12.4. The number of rotatable bonds is 4. The van der Waals surface area contributed by atoms with E-state index in [1.54, 1.807) is 0 Å². The third-order valence-corrected chi connectivity index (χ3v) is 5.67. The fourth-order valence-electron chi connectivity index (χ4n) is 3.97. The second-order valence-electron chi connectivity index (χ2n) is 7.85. The Morgan fingerprint density at radius 1 is 0.929 bits per heavy atom. The van der Waals surface area contributed by atoms with Crippen LogP contribution in [0, 0.1) is 13.8 Å². The van der Waals surface area contributed by atoms with Crippen molar-refractivity contribution < 1.29 is 14.6 Å². The van der Waals surface area contributed by atoms with Crippen molar-refractivity contribution in [2.45, 2.75) is 26.4 Å². The molecule has 5 nitrogen and oxygen atoms in total. The molecule has 0 spiro atoms. The Hall–Kier alpha value is -2.24. The Labute approximate surface area is 167 Å². The van der Waals surface area contributed by atoms with E-state index in [0.29, 0.717) is 19.8 Å². The first kappa shape index (κ1) is 19.1. The van der Waals surface area contributed by atoms with E-state index in [4.69, 9.17) is 9.47 Å². The van der Waals surface area contributed by atoms with Crippen molar-refractivity contribution in [2.75, 3.05) is 50.8 Å². The van der Waals surface area contributed by atoms with E-state index in [1.807, 2.05) is 18.2 Å². The first-order valence-corrected chi connectivity index (χ1v) is 10.2. The number of hydrogen-bond donors (Lipinski definition) is 1. The van der Waals surface area contributed by atoms with Gasteiger partial charge in [-0.2, -0.15) is 0 Å².